The molecule has 116 valence electrons. The van der Waals surface area contributed by atoms with Gasteiger partial charge in [-0.2, -0.15) is 0 Å². The van der Waals surface area contributed by atoms with Crippen LogP contribution in [0.25, 0.3) is 5.57 Å². The number of carbonyl (C=O) groups excluding carboxylic acids is 1. The van der Waals surface area contributed by atoms with E-state index in [9.17, 15) is 14.9 Å². The Bertz CT molecular complexity index is 668. The predicted molar refractivity (Wildman–Crippen MR) is 81.6 cm³/mol. The van der Waals surface area contributed by atoms with Crippen LogP contribution in [0.1, 0.15) is 35.2 Å². The minimum atomic E-state index is -0.554. The van der Waals surface area contributed by atoms with Crippen molar-refractivity contribution in [1.29, 1.82) is 0 Å². The number of methoxy groups -OCH3 is 1. The van der Waals surface area contributed by atoms with Crippen molar-refractivity contribution in [2.24, 2.45) is 0 Å². The molecule has 2 aliphatic heterocycles. The molecule has 0 amide bonds. The number of ether oxygens (including phenoxy) is 1. The maximum Gasteiger partial charge on any atom is 0.338 e. The Morgan fingerprint density at radius 1 is 1.36 bits per heavy atom. The number of carbonyl (C=O) groups is 1. The van der Waals surface area contributed by atoms with Gasteiger partial charge in [0.1, 0.15) is 0 Å². The number of fused-ring (bicyclic) bond motifs is 2. The van der Waals surface area contributed by atoms with E-state index in [4.69, 9.17) is 4.74 Å². The zero-order valence-corrected chi connectivity index (χ0v) is 12.6. The van der Waals surface area contributed by atoms with Crippen molar-refractivity contribution in [2.75, 3.05) is 14.2 Å². The van der Waals surface area contributed by atoms with Crippen LogP contribution < -0.4 is 0 Å². The molecular weight excluding hydrogens is 284 g/mol. The zero-order valence-electron chi connectivity index (χ0n) is 12.6. The van der Waals surface area contributed by atoms with Crippen LogP contribution >= 0.6 is 0 Å². The van der Waals surface area contributed by atoms with Crippen molar-refractivity contribution < 1.29 is 14.5 Å². The number of nitro groups is 1. The fourth-order valence-corrected chi connectivity index (χ4v) is 3.39. The number of benzene rings is 1. The monoisotopic (exact) mass is 302 g/mol. The number of hydrogen-bond acceptors (Lipinski definition) is 5. The van der Waals surface area contributed by atoms with Gasteiger partial charge in [-0.15, -0.1) is 0 Å². The lowest BCUT2D eigenvalue weighted by Crippen LogP contribution is -2.34. The smallest absolute Gasteiger partial charge is 0.338 e. The highest BCUT2D eigenvalue weighted by molar-refractivity contribution is 5.91. The van der Waals surface area contributed by atoms with E-state index >= 15 is 0 Å². The molecule has 2 bridgehead atoms. The van der Waals surface area contributed by atoms with E-state index in [-0.39, 0.29) is 11.3 Å². The van der Waals surface area contributed by atoms with Gasteiger partial charge in [0, 0.05) is 24.2 Å². The first-order valence-corrected chi connectivity index (χ1v) is 7.30. The number of hydrogen-bond donors (Lipinski definition) is 0. The standard InChI is InChI=1S/C16H18N2O4/c1-17-13-3-4-14(17)7-11(6-13)10-5-12(16(19)22-2)9-15(8-10)18(20)21/h5-6,8-9,13-14H,3-4,7H2,1-2H3. The van der Waals surface area contributed by atoms with Crippen LogP contribution in [-0.2, 0) is 4.74 Å². The van der Waals surface area contributed by atoms with Crippen LogP contribution in [0.2, 0.25) is 0 Å². The van der Waals surface area contributed by atoms with Crippen LogP contribution in [0.5, 0.6) is 0 Å². The Morgan fingerprint density at radius 3 is 2.77 bits per heavy atom. The molecule has 0 aliphatic carbocycles. The number of esters is 1. The Morgan fingerprint density at radius 2 is 2.14 bits per heavy atom. The van der Waals surface area contributed by atoms with Crippen molar-refractivity contribution >= 4 is 17.2 Å². The molecule has 1 aromatic rings. The summed E-state index contributed by atoms with van der Waals surface area (Å²) in [6.45, 7) is 0. The van der Waals surface area contributed by atoms with Crippen LogP contribution in [0.4, 0.5) is 5.69 Å². The molecule has 0 radical (unpaired) electrons. The molecule has 2 atom stereocenters. The van der Waals surface area contributed by atoms with E-state index in [1.54, 1.807) is 12.1 Å². The molecule has 1 aromatic carbocycles. The molecule has 6 heteroatoms. The summed E-state index contributed by atoms with van der Waals surface area (Å²) in [4.78, 5) is 24.7. The summed E-state index contributed by atoms with van der Waals surface area (Å²) in [6.07, 6.45) is 5.28. The molecule has 2 aliphatic rings. The average Bonchev–Trinajstić information content (AvgIpc) is 2.75. The van der Waals surface area contributed by atoms with Crippen LogP contribution in [0.3, 0.4) is 0 Å². The number of non-ortho nitro benzene ring substituents is 1. The molecule has 0 N–H and O–H groups in total. The van der Waals surface area contributed by atoms with Crippen molar-refractivity contribution in [3.8, 4) is 0 Å². The molecule has 22 heavy (non-hydrogen) atoms. The first-order valence-electron chi connectivity index (χ1n) is 7.30. The van der Waals surface area contributed by atoms with Gasteiger partial charge in [-0.05, 0) is 43.5 Å². The highest BCUT2D eigenvalue weighted by Crippen LogP contribution is 2.38. The predicted octanol–water partition coefficient (Wildman–Crippen LogP) is 2.63. The number of nitrogens with zero attached hydrogens (tertiary/aromatic N) is 2. The minimum absolute atomic E-state index is 0.0786. The quantitative estimate of drug-likeness (QED) is 0.487. The van der Waals surface area contributed by atoms with Gasteiger partial charge in [-0.25, -0.2) is 4.79 Å². The second-order valence-electron chi connectivity index (χ2n) is 5.88. The van der Waals surface area contributed by atoms with Crippen molar-refractivity contribution in [1.82, 2.24) is 4.90 Å². The van der Waals surface area contributed by atoms with Gasteiger partial charge in [0.25, 0.3) is 5.69 Å². The number of nitro benzene ring substituents is 1. The summed E-state index contributed by atoms with van der Waals surface area (Å²) in [5.41, 5.74) is 1.98. The summed E-state index contributed by atoms with van der Waals surface area (Å²) >= 11 is 0. The summed E-state index contributed by atoms with van der Waals surface area (Å²) < 4.78 is 4.70. The van der Waals surface area contributed by atoms with Gasteiger partial charge in [0.2, 0.25) is 0 Å². The fraction of sp³-hybridized carbons (Fsp3) is 0.438. The largest absolute Gasteiger partial charge is 0.465 e. The van der Waals surface area contributed by atoms with E-state index in [0.29, 0.717) is 12.1 Å². The Hall–Kier alpha value is -2.21. The molecule has 0 aromatic heterocycles. The first-order chi connectivity index (χ1) is 10.5. The molecule has 6 nitrogen and oxygen atoms in total. The number of likely N-dealkylation sites (N-methyl/N-ethyl adjacent to an activating group) is 1. The third-order valence-corrected chi connectivity index (χ3v) is 4.66. The summed E-state index contributed by atoms with van der Waals surface area (Å²) in [6, 6.07) is 5.36. The fourth-order valence-electron chi connectivity index (χ4n) is 3.39. The van der Waals surface area contributed by atoms with E-state index in [1.807, 2.05) is 0 Å². The third-order valence-electron chi connectivity index (χ3n) is 4.66. The summed E-state index contributed by atoms with van der Waals surface area (Å²) in [5, 5.41) is 11.1. The van der Waals surface area contributed by atoms with Gasteiger partial charge in [-0.1, -0.05) is 6.08 Å². The summed E-state index contributed by atoms with van der Waals surface area (Å²) in [5.74, 6) is -0.554. The lowest BCUT2D eigenvalue weighted by atomic mass is 9.93. The molecule has 2 unspecified atom stereocenters. The average molecular weight is 302 g/mol. The van der Waals surface area contributed by atoms with E-state index < -0.39 is 10.9 Å². The molecule has 0 spiro atoms. The molecular formula is C16H18N2O4. The lowest BCUT2D eigenvalue weighted by Gasteiger charge is -2.30. The van der Waals surface area contributed by atoms with Crippen LogP contribution in [-0.4, -0.2) is 42.0 Å². The highest BCUT2D eigenvalue weighted by Gasteiger charge is 2.34. The van der Waals surface area contributed by atoms with Gasteiger partial charge >= 0.3 is 5.97 Å². The zero-order chi connectivity index (χ0) is 15.9. The molecule has 0 saturated carbocycles. The molecule has 3 rings (SSSR count). The van der Waals surface area contributed by atoms with Gasteiger partial charge in [0.05, 0.1) is 17.6 Å². The lowest BCUT2D eigenvalue weighted by molar-refractivity contribution is -0.384. The van der Waals surface area contributed by atoms with E-state index in [1.165, 1.54) is 13.2 Å². The van der Waals surface area contributed by atoms with Crippen LogP contribution in [0.15, 0.2) is 24.3 Å². The number of rotatable bonds is 3. The molecule has 2 heterocycles. The summed E-state index contributed by atoms with van der Waals surface area (Å²) in [7, 11) is 3.39. The highest BCUT2D eigenvalue weighted by atomic mass is 16.6. The normalized spacial score (nSPS) is 24.0. The minimum Gasteiger partial charge on any atom is -0.465 e. The molecule has 1 fully saturated rings. The second-order valence-corrected chi connectivity index (χ2v) is 5.88. The van der Waals surface area contributed by atoms with Crippen molar-refractivity contribution in [2.45, 2.75) is 31.3 Å². The van der Waals surface area contributed by atoms with Gasteiger partial charge < -0.3 is 4.74 Å². The maximum atomic E-state index is 11.7. The Balaban J connectivity index is 2.03. The Kier molecular flexibility index (Phi) is 3.70. The van der Waals surface area contributed by atoms with E-state index in [0.717, 1.165) is 30.4 Å². The first kappa shape index (κ1) is 14.7. The van der Waals surface area contributed by atoms with Crippen molar-refractivity contribution in [3.63, 3.8) is 0 Å². The van der Waals surface area contributed by atoms with E-state index in [2.05, 4.69) is 18.0 Å². The van der Waals surface area contributed by atoms with Crippen LogP contribution in [0, 0.1) is 10.1 Å². The molecule has 1 saturated heterocycles. The topological polar surface area (TPSA) is 72.7 Å². The van der Waals surface area contributed by atoms with Gasteiger partial charge in [0.15, 0.2) is 0 Å². The Labute approximate surface area is 128 Å². The third kappa shape index (κ3) is 2.50. The van der Waals surface area contributed by atoms with Crippen molar-refractivity contribution in [3.05, 3.63) is 45.5 Å². The van der Waals surface area contributed by atoms with Gasteiger partial charge in [-0.3, -0.25) is 15.0 Å². The SMILES string of the molecule is COC(=O)c1cc(C2=CC3CCC(C2)N3C)cc([N+](=O)[O-])c1. The maximum absolute atomic E-state index is 11.7. The second kappa shape index (κ2) is 5.53.